The maximum absolute atomic E-state index is 5.35. The molecule has 0 amide bonds. The number of halogens is 1. The van der Waals surface area contributed by atoms with Crippen LogP contribution in [0.5, 0.6) is 0 Å². The first-order valence-electron chi connectivity index (χ1n) is 6.24. The minimum atomic E-state index is 0. The molecule has 2 rings (SSSR count). The predicted molar refractivity (Wildman–Crippen MR) is 84.4 cm³/mol. The third kappa shape index (κ3) is 3.65. The van der Waals surface area contributed by atoms with Gasteiger partial charge in [0.1, 0.15) is 5.84 Å². The van der Waals surface area contributed by atoms with Gasteiger partial charge in [-0.2, -0.15) is 0 Å². The lowest BCUT2D eigenvalue weighted by Crippen LogP contribution is -2.33. The molecule has 0 saturated heterocycles. The van der Waals surface area contributed by atoms with Crippen molar-refractivity contribution in [1.82, 2.24) is 4.90 Å². The highest BCUT2D eigenvalue weighted by atomic mass is 35.5. The molecule has 0 radical (unpaired) electrons. The minimum Gasteiger partial charge on any atom is -0.378 e. The Morgan fingerprint density at radius 2 is 2.21 bits per heavy atom. The molecule has 0 aromatic heterocycles. The van der Waals surface area contributed by atoms with E-state index in [0.29, 0.717) is 6.54 Å². The first-order valence-corrected chi connectivity index (χ1v) is 6.24. The molecule has 3 nitrogen and oxygen atoms in total. The highest BCUT2D eigenvalue weighted by Gasteiger charge is 2.15. The summed E-state index contributed by atoms with van der Waals surface area (Å²) >= 11 is 0. The molecule has 0 bridgehead atoms. The van der Waals surface area contributed by atoms with Crippen LogP contribution in [0.15, 0.2) is 23.2 Å². The molecule has 1 N–H and O–H groups in total. The molecule has 0 unspecified atom stereocenters. The summed E-state index contributed by atoms with van der Waals surface area (Å²) in [6.45, 7) is 7.43. The zero-order valence-electron chi connectivity index (χ0n) is 11.4. The Morgan fingerprint density at radius 3 is 2.95 bits per heavy atom. The highest BCUT2D eigenvalue weighted by molar-refractivity contribution is 5.88. The fourth-order valence-corrected chi connectivity index (χ4v) is 2.09. The molecule has 1 aliphatic heterocycles. The van der Waals surface area contributed by atoms with Gasteiger partial charge in [0.25, 0.3) is 0 Å². The quantitative estimate of drug-likeness (QED) is 0.857. The van der Waals surface area contributed by atoms with Gasteiger partial charge in [-0.25, -0.2) is 0 Å². The molecule has 0 spiro atoms. The van der Waals surface area contributed by atoms with Crippen molar-refractivity contribution in [1.29, 1.82) is 0 Å². The first-order chi connectivity index (χ1) is 8.72. The Labute approximate surface area is 121 Å². The molecule has 1 aliphatic rings. The summed E-state index contributed by atoms with van der Waals surface area (Å²) in [6.07, 6.45) is 5.35. The summed E-state index contributed by atoms with van der Waals surface area (Å²) in [7, 11) is 0. The van der Waals surface area contributed by atoms with Crippen LogP contribution in [0.1, 0.15) is 11.1 Å². The fraction of sp³-hybridized carbons (Fsp3) is 0.400. The number of aliphatic imine (C=N–C) groups is 1. The monoisotopic (exact) mass is 277 g/mol. The van der Waals surface area contributed by atoms with Crippen LogP contribution in [0.4, 0.5) is 5.69 Å². The van der Waals surface area contributed by atoms with E-state index in [9.17, 15) is 0 Å². The number of rotatable bonds is 4. The van der Waals surface area contributed by atoms with Crippen molar-refractivity contribution in [3.63, 3.8) is 0 Å². The van der Waals surface area contributed by atoms with Crippen LogP contribution in [0.25, 0.3) is 0 Å². The average Bonchev–Trinajstić information content (AvgIpc) is 2.79. The number of benzene rings is 1. The predicted octanol–water partition coefficient (Wildman–Crippen LogP) is 2.48. The van der Waals surface area contributed by atoms with Gasteiger partial charge >= 0.3 is 0 Å². The van der Waals surface area contributed by atoms with Crippen molar-refractivity contribution < 1.29 is 0 Å². The molecule has 19 heavy (non-hydrogen) atoms. The third-order valence-corrected chi connectivity index (χ3v) is 3.35. The van der Waals surface area contributed by atoms with Crippen LogP contribution in [-0.2, 0) is 0 Å². The molecular formula is C15H20ClN3. The second-order valence-electron chi connectivity index (χ2n) is 4.52. The van der Waals surface area contributed by atoms with Crippen molar-refractivity contribution in [3.05, 3.63) is 29.3 Å². The summed E-state index contributed by atoms with van der Waals surface area (Å²) in [6, 6.07) is 6.29. The number of hydrogen-bond acceptors (Lipinski definition) is 3. The van der Waals surface area contributed by atoms with Crippen LogP contribution >= 0.6 is 12.4 Å². The highest BCUT2D eigenvalue weighted by Crippen LogP contribution is 2.17. The molecule has 4 heteroatoms. The van der Waals surface area contributed by atoms with Gasteiger partial charge < -0.3 is 10.2 Å². The van der Waals surface area contributed by atoms with Gasteiger partial charge in [0.15, 0.2) is 0 Å². The standard InChI is InChI=1S/C15H19N3.ClH/c1-4-9-18-10-8-16-15(18)11-17-14-7-5-6-12(2)13(14)3;/h1,5-7,17H,8-11H2,2-3H3;1H. The number of aryl methyl sites for hydroxylation is 1. The van der Waals surface area contributed by atoms with Gasteiger partial charge in [0.05, 0.1) is 19.6 Å². The molecule has 0 fully saturated rings. The van der Waals surface area contributed by atoms with E-state index >= 15 is 0 Å². The maximum atomic E-state index is 5.35. The smallest absolute Gasteiger partial charge is 0.119 e. The zero-order valence-corrected chi connectivity index (χ0v) is 12.3. The average molecular weight is 278 g/mol. The van der Waals surface area contributed by atoms with E-state index in [1.54, 1.807) is 0 Å². The molecule has 0 atom stereocenters. The fourth-order valence-electron chi connectivity index (χ4n) is 2.09. The van der Waals surface area contributed by atoms with Gasteiger partial charge in [0, 0.05) is 12.2 Å². The number of nitrogens with one attached hydrogen (secondary N) is 1. The number of terminal acetylenes is 1. The molecule has 102 valence electrons. The lowest BCUT2D eigenvalue weighted by atomic mass is 10.1. The van der Waals surface area contributed by atoms with E-state index in [1.165, 1.54) is 16.8 Å². The summed E-state index contributed by atoms with van der Waals surface area (Å²) in [4.78, 5) is 6.64. The van der Waals surface area contributed by atoms with E-state index in [2.05, 4.69) is 53.2 Å². The Balaban J connectivity index is 0.00000180. The molecule has 0 aliphatic carbocycles. The zero-order chi connectivity index (χ0) is 13.0. The Hall–Kier alpha value is -1.66. The Morgan fingerprint density at radius 1 is 1.42 bits per heavy atom. The van der Waals surface area contributed by atoms with Crippen LogP contribution in [0.3, 0.4) is 0 Å². The lowest BCUT2D eigenvalue weighted by Gasteiger charge is -2.19. The first kappa shape index (κ1) is 15.4. The molecule has 1 aromatic rings. The van der Waals surface area contributed by atoms with Crippen LogP contribution in [-0.4, -0.2) is 36.9 Å². The summed E-state index contributed by atoms with van der Waals surface area (Å²) in [5.41, 5.74) is 3.76. The Bertz CT molecular complexity index is 503. The van der Waals surface area contributed by atoms with Crippen LogP contribution in [0.2, 0.25) is 0 Å². The van der Waals surface area contributed by atoms with Gasteiger partial charge in [-0.15, -0.1) is 18.8 Å². The van der Waals surface area contributed by atoms with Crippen molar-refractivity contribution in [2.45, 2.75) is 13.8 Å². The lowest BCUT2D eigenvalue weighted by molar-refractivity contribution is 0.510. The van der Waals surface area contributed by atoms with Crippen LogP contribution < -0.4 is 5.32 Å². The minimum absolute atomic E-state index is 0. The number of amidine groups is 1. The number of anilines is 1. The second-order valence-corrected chi connectivity index (χ2v) is 4.52. The van der Waals surface area contributed by atoms with E-state index < -0.39 is 0 Å². The van der Waals surface area contributed by atoms with E-state index in [-0.39, 0.29) is 12.4 Å². The Kier molecular flexibility index (Phi) is 5.72. The third-order valence-electron chi connectivity index (χ3n) is 3.35. The number of hydrogen-bond donors (Lipinski definition) is 1. The van der Waals surface area contributed by atoms with E-state index in [0.717, 1.165) is 25.5 Å². The largest absolute Gasteiger partial charge is 0.378 e. The van der Waals surface area contributed by atoms with Crippen molar-refractivity contribution >= 4 is 23.9 Å². The van der Waals surface area contributed by atoms with Gasteiger partial charge in [-0.05, 0) is 31.0 Å². The topological polar surface area (TPSA) is 27.6 Å². The second kappa shape index (κ2) is 7.06. The van der Waals surface area contributed by atoms with Crippen molar-refractivity contribution in [2.24, 2.45) is 4.99 Å². The van der Waals surface area contributed by atoms with Gasteiger partial charge in [-0.3, -0.25) is 4.99 Å². The summed E-state index contributed by atoms with van der Waals surface area (Å²) in [5, 5.41) is 3.44. The summed E-state index contributed by atoms with van der Waals surface area (Å²) in [5.74, 6) is 3.74. The molecular weight excluding hydrogens is 258 g/mol. The SMILES string of the molecule is C#CCN1CCN=C1CNc1cccc(C)c1C.Cl. The molecule has 0 saturated carbocycles. The normalized spacial score (nSPS) is 13.5. The number of nitrogens with zero attached hydrogens (tertiary/aromatic N) is 2. The van der Waals surface area contributed by atoms with Crippen LogP contribution in [0, 0.1) is 26.2 Å². The maximum Gasteiger partial charge on any atom is 0.119 e. The van der Waals surface area contributed by atoms with E-state index in [4.69, 9.17) is 6.42 Å². The molecule has 1 heterocycles. The van der Waals surface area contributed by atoms with Gasteiger partial charge in [0.2, 0.25) is 0 Å². The molecule has 1 aromatic carbocycles. The van der Waals surface area contributed by atoms with E-state index in [1.807, 2.05) is 0 Å². The van der Waals surface area contributed by atoms with Gasteiger partial charge in [-0.1, -0.05) is 18.1 Å². The van der Waals surface area contributed by atoms with Crippen molar-refractivity contribution in [2.75, 3.05) is 31.5 Å². The summed E-state index contributed by atoms with van der Waals surface area (Å²) < 4.78 is 0. The van der Waals surface area contributed by atoms with Crippen molar-refractivity contribution in [3.8, 4) is 12.3 Å².